The fraction of sp³-hybridized carbons (Fsp3) is 0.500. The fourth-order valence-electron chi connectivity index (χ4n) is 2.28. The van der Waals surface area contributed by atoms with Gasteiger partial charge in [-0.2, -0.15) is 0 Å². The molecule has 1 heterocycles. The summed E-state index contributed by atoms with van der Waals surface area (Å²) < 4.78 is 13.6. The van der Waals surface area contributed by atoms with Crippen molar-refractivity contribution in [2.45, 2.75) is 32.1 Å². The molecule has 0 atom stereocenters. The van der Waals surface area contributed by atoms with E-state index in [9.17, 15) is 9.18 Å². The van der Waals surface area contributed by atoms with Gasteiger partial charge in [0.15, 0.2) is 0 Å². The van der Waals surface area contributed by atoms with E-state index in [1.165, 1.54) is 18.9 Å². The van der Waals surface area contributed by atoms with E-state index >= 15 is 0 Å². The molecule has 0 saturated carbocycles. The molecule has 0 N–H and O–H groups in total. The van der Waals surface area contributed by atoms with E-state index in [4.69, 9.17) is 11.6 Å². The third-order valence-electron chi connectivity index (χ3n) is 3.35. The Labute approximate surface area is 112 Å². The minimum Gasteiger partial charge on any atom is -0.342 e. The summed E-state index contributed by atoms with van der Waals surface area (Å²) in [5, 5.41) is 0.332. The van der Waals surface area contributed by atoms with Crippen molar-refractivity contribution in [2.24, 2.45) is 0 Å². The molecule has 1 aromatic carbocycles. The van der Waals surface area contributed by atoms with Crippen LogP contribution in [0, 0.1) is 5.82 Å². The molecule has 2 rings (SSSR count). The number of hydrogen-bond acceptors (Lipinski definition) is 1. The van der Waals surface area contributed by atoms with Gasteiger partial charge in [-0.1, -0.05) is 30.5 Å². The van der Waals surface area contributed by atoms with Crippen molar-refractivity contribution in [2.75, 3.05) is 13.1 Å². The second-order valence-corrected chi connectivity index (χ2v) is 5.08. The van der Waals surface area contributed by atoms with Crippen molar-refractivity contribution in [3.05, 3.63) is 34.6 Å². The van der Waals surface area contributed by atoms with Crippen LogP contribution in [0.2, 0.25) is 5.02 Å². The number of likely N-dealkylation sites (tertiary alicyclic amines) is 1. The average molecular weight is 270 g/mol. The zero-order valence-corrected chi connectivity index (χ0v) is 11.0. The standard InChI is InChI=1S/C14H17ClFNO/c15-12-6-5-7-13(16)11(12)10-14(18)17-8-3-1-2-4-9-17/h5-7H,1-4,8-10H2. The highest BCUT2D eigenvalue weighted by molar-refractivity contribution is 6.31. The number of hydrogen-bond donors (Lipinski definition) is 0. The van der Waals surface area contributed by atoms with Crippen LogP contribution in [0.15, 0.2) is 18.2 Å². The van der Waals surface area contributed by atoms with Crippen LogP contribution in [0.5, 0.6) is 0 Å². The van der Waals surface area contributed by atoms with Gasteiger partial charge in [-0.3, -0.25) is 4.79 Å². The molecule has 1 aliphatic rings. The van der Waals surface area contributed by atoms with Gasteiger partial charge < -0.3 is 4.90 Å². The van der Waals surface area contributed by atoms with Crippen molar-refractivity contribution in [1.29, 1.82) is 0 Å². The third kappa shape index (κ3) is 3.22. The summed E-state index contributed by atoms with van der Waals surface area (Å²) in [7, 11) is 0. The van der Waals surface area contributed by atoms with Crippen LogP contribution >= 0.6 is 11.6 Å². The summed E-state index contributed by atoms with van der Waals surface area (Å²) in [5.74, 6) is -0.422. The summed E-state index contributed by atoms with van der Waals surface area (Å²) in [6.45, 7) is 1.57. The lowest BCUT2D eigenvalue weighted by Gasteiger charge is -2.20. The zero-order chi connectivity index (χ0) is 13.0. The number of benzene rings is 1. The summed E-state index contributed by atoms with van der Waals surface area (Å²) in [5.41, 5.74) is 0.313. The van der Waals surface area contributed by atoms with Gasteiger partial charge in [0.05, 0.1) is 6.42 Å². The molecule has 2 nitrogen and oxygen atoms in total. The van der Waals surface area contributed by atoms with Gasteiger partial charge in [0.25, 0.3) is 0 Å². The van der Waals surface area contributed by atoms with Gasteiger partial charge in [0.1, 0.15) is 5.82 Å². The fourth-order valence-corrected chi connectivity index (χ4v) is 2.51. The summed E-state index contributed by atoms with van der Waals surface area (Å²) >= 11 is 5.93. The van der Waals surface area contributed by atoms with Gasteiger partial charge in [-0.25, -0.2) is 4.39 Å². The van der Waals surface area contributed by atoms with Crippen LogP contribution in [0.25, 0.3) is 0 Å². The summed E-state index contributed by atoms with van der Waals surface area (Å²) in [4.78, 5) is 14.0. The Morgan fingerprint density at radius 3 is 2.50 bits per heavy atom. The average Bonchev–Trinajstić information content (AvgIpc) is 2.62. The van der Waals surface area contributed by atoms with Crippen molar-refractivity contribution in [3.63, 3.8) is 0 Å². The van der Waals surface area contributed by atoms with Crippen LogP contribution in [0.1, 0.15) is 31.2 Å². The normalized spacial score (nSPS) is 16.4. The first kappa shape index (κ1) is 13.3. The summed E-state index contributed by atoms with van der Waals surface area (Å²) in [6.07, 6.45) is 4.48. The largest absolute Gasteiger partial charge is 0.342 e. The third-order valence-corrected chi connectivity index (χ3v) is 3.70. The van der Waals surface area contributed by atoms with Crippen LogP contribution in [-0.4, -0.2) is 23.9 Å². The topological polar surface area (TPSA) is 20.3 Å². The number of halogens is 2. The number of nitrogens with zero attached hydrogens (tertiary/aromatic N) is 1. The SMILES string of the molecule is O=C(Cc1c(F)cccc1Cl)N1CCCCCC1. The van der Waals surface area contributed by atoms with E-state index in [1.54, 1.807) is 12.1 Å². The smallest absolute Gasteiger partial charge is 0.227 e. The molecule has 0 spiro atoms. The van der Waals surface area contributed by atoms with Gasteiger partial charge in [0, 0.05) is 23.7 Å². The monoisotopic (exact) mass is 269 g/mol. The Morgan fingerprint density at radius 1 is 1.22 bits per heavy atom. The first-order valence-corrected chi connectivity index (χ1v) is 6.77. The molecule has 0 aromatic heterocycles. The number of amides is 1. The molecule has 4 heteroatoms. The molecule has 0 bridgehead atoms. The van der Waals surface area contributed by atoms with Gasteiger partial charge in [-0.15, -0.1) is 0 Å². The molecular weight excluding hydrogens is 253 g/mol. The molecule has 0 radical (unpaired) electrons. The maximum atomic E-state index is 13.6. The molecule has 1 aliphatic heterocycles. The minimum absolute atomic E-state index is 0.0242. The number of carbonyl (C=O) groups is 1. The highest BCUT2D eigenvalue weighted by Gasteiger charge is 2.18. The first-order valence-electron chi connectivity index (χ1n) is 6.39. The summed E-state index contributed by atoms with van der Waals surface area (Å²) in [6, 6.07) is 4.52. The van der Waals surface area contributed by atoms with Gasteiger partial charge in [0.2, 0.25) is 5.91 Å². The lowest BCUT2D eigenvalue weighted by Crippen LogP contribution is -2.33. The van der Waals surface area contributed by atoms with Crippen molar-refractivity contribution in [3.8, 4) is 0 Å². The predicted molar refractivity (Wildman–Crippen MR) is 70.2 cm³/mol. The Bertz CT molecular complexity index is 408. The second kappa shape index (κ2) is 6.19. The maximum Gasteiger partial charge on any atom is 0.227 e. The van der Waals surface area contributed by atoms with E-state index in [0.29, 0.717) is 10.6 Å². The van der Waals surface area contributed by atoms with E-state index in [0.717, 1.165) is 25.9 Å². The number of rotatable bonds is 2. The minimum atomic E-state index is -0.398. The Kier molecular flexibility index (Phi) is 4.59. The molecule has 98 valence electrons. The first-order chi connectivity index (χ1) is 8.68. The zero-order valence-electron chi connectivity index (χ0n) is 10.3. The van der Waals surface area contributed by atoms with Crippen molar-refractivity contribution < 1.29 is 9.18 Å². The molecule has 1 amide bonds. The molecular formula is C14H17ClFNO. The highest BCUT2D eigenvalue weighted by Crippen LogP contribution is 2.21. The molecule has 1 saturated heterocycles. The van der Waals surface area contributed by atoms with Crippen molar-refractivity contribution >= 4 is 17.5 Å². The Morgan fingerprint density at radius 2 is 1.89 bits per heavy atom. The maximum absolute atomic E-state index is 13.6. The van der Waals surface area contributed by atoms with Crippen LogP contribution in [-0.2, 0) is 11.2 Å². The molecule has 1 fully saturated rings. The van der Waals surface area contributed by atoms with E-state index in [1.807, 2.05) is 4.90 Å². The lowest BCUT2D eigenvalue weighted by atomic mass is 10.1. The molecule has 0 aliphatic carbocycles. The van der Waals surface area contributed by atoms with Gasteiger partial charge >= 0.3 is 0 Å². The van der Waals surface area contributed by atoms with E-state index < -0.39 is 5.82 Å². The molecule has 18 heavy (non-hydrogen) atoms. The molecule has 1 aromatic rings. The van der Waals surface area contributed by atoms with Crippen LogP contribution in [0.3, 0.4) is 0 Å². The lowest BCUT2D eigenvalue weighted by molar-refractivity contribution is -0.130. The Balaban J connectivity index is 2.06. The quantitative estimate of drug-likeness (QED) is 0.806. The van der Waals surface area contributed by atoms with E-state index in [-0.39, 0.29) is 12.3 Å². The van der Waals surface area contributed by atoms with E-state index in [2.05, 4.69) is 0 Å². The van der Waals surface area contributed by atoms with Gasteiger partial charge in [-0.05, 0) is 25.0 Å². The van der Waals surface area contributed by atoms with Crippen molar-refractivity contribution in [1.82, 2.24) is 4.90 Å². The van der Waals surface area contributed by atoms with Crippen LogP contribution < -0.4 is 0 Å². The number of carbonyl (C=O) groups excluding carboxylic acids is 1. The Hall–Kier alpha value is -1.09. The van der Waals surface area contributed by atoms with Crippen LogP contribution in [0.4, 0.5) is 4.39 Å². The molecule has 0 unspecified atom stereocenters. The second-order valence-electron chi connectivity index (χ2n) is 4.67. The predicted octanol–water partition coefficient (Wildman–Crippen LogP) is 3.42. The highest BCUT2D eigenvalue weighted by atomic mass is 35.5.